The van der Waals surface area contributed by atoms with Gasteiger partial charge in [-0.3, -0.25) is 0 Å². The van der Waals surface area contributed by atoms with E-state index in [4.69, 9.17) is 0 Å². The molecular formula is C14H18F3N. The normalized spacial score (nSPS) is 18.0. The second-order valence-corrected chi connectivity index (χ2v) is 5.00. The highest BCUT2D eigenvalue weighted by Crippen LogP contribution is 2.35. The van der Waals surface area contributed by atoms with Crippen LogP contribution in [0.5, 0.6) is 0 Å². The van der Waals surface area contributed by atoms with Crippen LogP contribution in [-0.2, 0) is 12.6 Å². The number of piperidine rings is 1. The minimum Gasteiger partial charge on any atom is -0.317 e. The number of hydrogen-bond donors (Lipinski definition) is 1. The maximum atomic E-state index is 13.0. The Balaban J connectivity index is 2.25. The van der Waals surface area contributed by atoms with Gasteiger partial charge in [0, 0.05) is 0 Å². The van der Waals surface area contributed by atoms with E-state index < -0.39 is 11.7 Å². The molecule has 18 heavy (non-hydrogen) atoms. The Morgan fingerprint density at radius 3 is 2.50 bits per heavy atom. The molecule has 1 N–H and O–H groups in total. The zero-order valence-electron chi connectivity index (χ0n) is 10.5. The maximum Gasteiger partial charge on any atom is 0.416 e. The van der Waals surface area contributed by atoms with Gasteiger partial charge in [0.15, 0.2) is 0 Å². The van der Waals surface area contributed by atoms with Gasteiger partial charge >= 0.3 is 6.18 Å². The molecule has 0 saturated carbocycles. The average Bonchev–Trinajstić information content (AvgIpc) is 2.32. The van der Waals surface area contributed by atoms with Crippen LogP contribution in [0, 0.1) is 12.8 Å². The summed E-state index contributed by atoms with van der Waals surface area (Å²) in [6.45, 7) is 3.60. The van der Waals surface area contributed by atoms with Crippen molar-refractivity contribution >= 4 is 0 Å². The molecule has 1 aliphatic heterocycles. The van der Waals surface area contributed by atoms with Crippen LogP contribution in [0.15, 0.2) is 18.2 Å². The van der Waals surface area contributed by atoms with Crippen LogP contribution in [0.3, 0.4) is 0 Å². The molecule has 1 saturated heterocycles. The number of nitrogens with one attached hydrogen (secondary N) is 1. The number of rotatable bonds is 2. The van der Waals surface area contributed by atoms with E-state index in [9.17, 15) is 13.2 Å². The van der Waals surface area contributed by atoms with E-state index in [0.717, 1.165) is 31.5 Å². The van der Waals surface area contributed by atoms with Crippen molar-refractivity contribution in [3.63, 3.8) is 0 Å². The first-order valence-corrected chi connectivity index (χ1v) is 6.35. The molecule has 1 fully saturated rings. The number of hydrogen-bond acceptors (Lipinski definition) is 1. The summed E-state index contributed by atoms with van der Waals surface area (Å²) in [7, 11) is 0. The molecule has 0 atom stereocenters. The quantitative estimate of drug-likeness (QED) is 0.854. The molecule has 0 bridgehead atoms. The van der Waals surface area contributed by atoms with Crippen LogP contribution < -0.4 is 5.32 Å². The van der Waals surface area contributed by atoms with Gasteiger partial charge in [-0.1, -0.05) is 12.1 Å². The smallest absolute Gasteiger partial charge is 0.317 e. The molecule has 1 aromatic rings. The van der Waals surface area contributed by atoms with Crippen molar-refractivity contribution in [3.05, 3.63) is 34.9 Å². The summed E-state index contributed by atoms with van der Waals surface area (Å²) < 4.78 is 38.9. The third-order valence-corrected chi connectivity index (χ3v) is 3.67. The van der Waals surface area contributed by atoms with Crippen molar-refractivity contribution in [3.8, 4) is 0 Å². The molecule has 1 heterocycles. The number of halogens is 3. The Kier molecular flexibility index (Phi) is 3.95. The van der Waals surface area contributed by atoms with Gasteiger partial charge in [-0.05, 0) is 62.4 Å². The number of benzene rings is 1. The standard InChI is InChI=1S/C14H18F3N/c1-10-3-2-4-13(14(15,16)17)12(10)9-11-5-7-18-8-6-11/h2-4,11,18H,5-9H2,1H3. The number of alkyl halides is 3. The van der Waals surface area contributed by atoms with Crippen LogP contribution >= 0.6 is 0 Å². The van der Waals surface area contributed by atoms with Crippen molar-refractivity contribution in [2.75, 3.05) is 13.1 Å². The van der Waals surface area contributed by atoms with E-state index >= 15 is 0 Å². The third kappa shape index (κ3) is 3.05. The molecule has 0 unspecified atom stereocenters. The zero-order valence-corrected chi connectivity index (χ0v) is 10.5. The zero-order chi connectivity index (χ0) is 13.2. The lowest BCUT2D eigenvalue weighted by atomic mass is 9.87. The predicted molar refractivity (Wildman–Crippen MR) is 65.5 cm³/mol. The van der Waals surface area contributed by atoms with Crippen LogP contribution in [0.1, 0.15) is 29.5 Å². The lowest BCUT2D eigenvalue weighted by Crippen LogP contribution is -2.29. The molecule has 0 aliphatic carbocycles. The molecule has 2 rings (SSSR count). The SMILES string of the molecule is Cc1cccc(C(F)(F)F)c1CC1CCNCC1. The topological polar surface area (TPSA) is 12.0 Å². The lowest BCUT2D eigenvalue weighted by Gasteiger charge is -2.25. The number of aryl methyl sites for hydroxylation is 1. The Bertz CT molecular complexity index is 406. The van der Waals surface area contributed by atoms with Crippen molar-refractivity contribution in [1.82, 2.24) is 5.32 Å². The molecule has 100 valence electrons. The molecule has 0 spiro atoms. The summed E-state index contributed by atoms with van der Waals surface area (Å²) in [6, 6.07) is 4.46. The van der Waals surface area contributed by atoms with Gasteiger partial charge in [-0.15, -0.1) is 0 Å². The third-order valence-electron chi connectivity index (χ3n) is 3.67. The highest BCUT2D eigenvalue weighted by atomic mass is 19.4. The molecule has 4 heteroatoms. The minimum atomic E-state index is -4.24. The molecule has 1 nitrogen and oxygen atoms in total. The van der Waals surface area contributed by atoms with Crippen LogP contribution in [0.25, 0.3) is 0 Å². The summed E-state index contributed by atoms with van der Waals surface area (Å²) in [5.74, 6) is 0.369. The van der Waals surface area contributed by atoms with Crippen molar-refractivity contribution in [2.24, 2.45) is 5.92 Å². The predicted octanol–water partition coefficient (Wildman–Crippen LogP) is 3.56. The monoisotopic (exact) mass is 257 g/mol. The van der Waals surface area contributed by atoms with Gasteiger partial charge in [0.1, 0.15) is 0 Å². The van der Waals surface area contributed by atoms with Crippen molar-refractivity contribution in [1.29, 1.82) is 0 Å². The highest BCUT2D eigenvalue weighted by Gasteiger charge is 2.34. The summed E-state index contributed by atoms with van der Waals surface area (Å²) in [6.07, 6.45) is -1.77. The summed E-state index contributed by atoms with van der Waals surface area (Å²) in [5, 5.41) is 3.24. The van der Waals surface area contributed by atoms with E-state index in [1.54, 1.807) is 13.0 Å². The molecule has 0 amide bonds. The lowest BCUT2D eigenvalue weighted by molar-refractivity contribution is -0.138. The fraction of sp³-hybridized carbons (Fsp3) is 0.571. The second-order valence-electron chi connectivity index (χ2n) is 5.00. The van der Waals surface area contributed by atoms with E-state index in [2.05, 4.69) is 5.32 Å². The van der Waals surface area contributed by atoms with Gasteiger partial charge in [0.05, 0.1) is 5.56 Å². The van der Waals surface area contributed by atoms with Crippen LogP contribution in [0.2, 0.25) is 0 Å². The molecule has 1 aromatic carbocycles. The fourth-order valence-electron chi connectivity index (χ4n) is 2.61. The first-order valence-electron chi connectivity index (χ1n) is 6.35. The molecule has 0 radical (unpaired) electrons. The van der Waals surface area contributed by atoms with E-state index in [1.807, 2.05) is 0 Å². The van der Waals surface area contributed by atoms with Crippen molar-refractivity contribution in [2.45, 2.75) is 32.4 Å². The minimum absolute atomic E-state index is 0.369. The molecule has 1 aliphatic rings. The summed E-state index contributed by atoms with van der Waals surface area (Å²) in [5.41, 5.74) is 0.779. The van der Waals surface area contributed by atoms with Crippen molar-refractivity contribution < 1.29 is 13.2 Å². The Hall–Kier alpha value is -1.03. The molecular weight excluding hydrogens is 239 g/mol. The summed E-state index contributed by atoms with van der Waals surface area (Å²) in [4.78, 5) is 0. The van der Waals surface area contributed by atoms with Gasteiger partial charge in [-0.2, -0.15) is 13.2 Å². The van der Waals surface area contributed by atoms with Gasteiger partial charge in [0.2, 0.25) is 0 Å². The van der Waals surface area contributed by atoms with E-state index in [1.165, 1.54) is 12.1 Å². The molecule has 0 aromatic heterocycles. The Morgan fingerprint density at radius 2 is 1.89 bits per heavy atom. The highest BCUT2D eigenvalue weighted by molar-refractivity contribution is 5.36. The average molecular weight is 257 g/mol. The maximum absolute atomic E-state index is 13.0. The first kappa shape index (κ1) is 13.4. The second kappa shape index (κ2) is 5.31. The largest absolute Gasteiger partial charge is 0.416 e. The van der Waals surface area contributed by atoms with Gasteiger partial charge in [-0.25, -0.2) is 0 Å². The first-order chi connectivity index (χ1) is 8.48. The van der Waals surface area contributed by atoms with Crippen LogP contribution in [0.4, 0.5) is 13.2 Å². The summed E-state index contributed by atoms with van der Waals surface area (Å²) >= 11 is 0. The van der Waals surface area contributed by atoms with E-state index in [0.29, 0.717) is 17.9 Å². The van der Waals surface area contributed by atoms with Gasteiger partial charge < -0.3 is 5.32 Å². The fourth-order valence-corrected chi connectivity index (χ4v) is 2.61. The Morgan fingerprint density at radius 1 is 1.22 bits per heavy atom. The van der Waals surface area contributed by atoms with E-state index in [-0.39, 0.29) is 0 Å². The van der Waals surface area contributed by atoms with Gasteiger partial charge in [0.25, 0.3) is 0 Å². The Labute approximate surface area is 105 Å². The van der Waals surface area contributed by atoms with Crippen LogP contribution in [-0.4, -0.2) is 13.1 Å².